The van der Waals surface area contributed by atoms with Crippen molar-refractivity contribution < 1.29 is 19.1 Å². The normalized spacial score (nSPS) is 33.0. The van der Waals surface area contributed by atoms with Gasteiger partial charge in [-0.15, -0.1) is 0 Å². The highest BCUT2D eigenvalue weighted by Gasteiger charge is 2.32. The molecule has 0 amide bonds. The van der Waals surface area contributed by atoms with Crippen molar-refractivity contribution in [2.75, 3.05) is 0 Å². The number of cyclic esters (lactones) is 2. The molecule has 2 atom stereocenters. The number of hydrogen-bond acceptors (Lipinski definition) is 4. The predicted octanol–water partition coefficient (Wildman–Crippen LogP) is -0.137. The van der Waals surface area contributed by atoms with Gasteiger partial charge in [0, 0.05) is 0 Å². The van der Waals surface area contributed by atoms with E-state index in [-0.39, 0.29) is 0 Å². The van der Waals surface area contributed by atoms with E-state index in [4.69, 9.17) is 0 Å². The lowest BCUT2D eigenvalue weighted by molar-refractivity contribution is -0.191. The van der Waals surface area contributed by atoms with Crippen LogP contribution >= 0.6 is 0 Å². The fraction of sp³-hybridized carbons (Fsp3) is 0.667. The minimum Gasteiger partial charge on any atom is -0.448 e. The lowest BCUT2D eigenvalue weighted by atomic mass is 10.3. The standard InChI is InChI=1S/C6H8O4/c1-3-5(7)10-4(2)6(8)9-3/h3-4H,1-2H3/t3-,4?/m1/s1. The molecule has 0 aromatic carbocycles. The molecule has 1 heterocycles. The smallest absolute Gasteiger partial charge is 0.347 e. The van der Waals surface area contributed by atoms with Crippen LogP contribution in [0.15, 0.2) is 0 Å². The first kappa shape index (κ1) is 7.05. The summed E-state index contributed by atoms with van der Waals surface area (Å²) in [5, 5.41) is 0. The van der Waals surface area contributed by atoms with Gasteiger partial charge in [-0.3, -0.25) is 0 Å². The Bertz CT molecular complexity index is 155. The van der Waals surface area contributed by atoms with Gasteiger partial charge in [0.15, 0.2) is 12.2 Å². The Morgan fingerprint density at radius 2 is 1.30 bits per heavy atom. The summed E-state index contributed by atoms with van der Waals surface area (Å²) < 4.78 is 9.19. The van der Waals surface area contributed by atoms with Crippen molar-refractivity contribution in [3.63, 3.8) is 0 Å². The van der Waals surface area contributed by atoms with Gasteiger partial charge in [-0.05, 0) is 13.8 Å². The van der Waals surface area contributed by atoms with Crippen molar-refractivity contribution in [3.8, 4) is 0 Å². The number of carbonyl (C=O) groups is 2. The molecule has 1 saturated heterocycles. The van der Waals surface area contributed by atoms with Crippen molar-refractivity contribution in [1.82, 2.24) is 0 Å². The predicted molar refractivity (Wildman–Crippen MR) is 31.1 cm³/mol. The summed E-state index contributed by atoms with van der Waals surface area (Å²) in [7, 11) is 0. The highest BCUT2D eigenvalue weighted by molar-refractivity contribution is 5.86. The summed E-state index contributed by atoms with van der Waals surface area (Å²) in [6.07, 6.45) is -1.49. The van der Waals surface area contributed by atoms with E-state index < -0.39 is 24.1 Å². The van der Waals surface area contributed by atoms with Crippen LogP contribution in [0.1, 0.15) is 13.8 Å². The van der Waals surface area contributed by atoms with Gasteiger partial charge in [-0.25, -0.2) is 9.59 Å². The van der Waals surface area contributed by atoms with Crippen molar-refractivity contribution in [2.24, 2.45) is 0 Å². The molecule has 0 spiro atoms. The molecule has 1 aliphatic heterocycles. The van der Waals surface area contributed by atoms with Gasteiger partial charge in [0.05, 0.1) is 0 Å². The number of rotatable bonds is 0. The van der Waals surface area contributed by atoms with Crippen LogP contribution in [0.4, 0.5) is 0 Å². The van der Waals surface area contributed by atoms with Crippen LogP contribution in [0.2, 0.25) is 0 Å². The SMILES string of the molecule is CC1OC(=O)[C@@H](C)OC1=O. The van der Waals surface area contributed by atoms with E-state index in [1.165, 1.54) is 13.8 Å². The second kappa shape index (κ2) is 2.28. The van der Waals surface area contributed by atoms with E-state index in [0.717, 1.165) is 0 Å². The van der Waals surface area contributed by atoms with E-state index >= 15 is 0 Å². The third kappa shape index (κ3) is 1.10. The minimum atomic E-state index is -0.747. The van der Waals surface area contributed by atoms with Gasteiger partial charge in [-0.1, -0.05) is 0 Å². The summed E-state index contributed by atoms with van der Waals surface area (Å²) in [6, 6.07) is 0. The zero-order valence-corrected chi connectivity index (χ0v) is 5.79. The summed E-state index contributed by atoms with van der Waals surface area (Å²) >= 11 is 0. The first-order valence-corrected chi connectivity index (χ1v) is 3.02. The molecule has 1 unspecified atom stereocenters. The van der Waals surface area contributed by atoms with Crippen molar-refractivity contribution in [3.05, 3.63) is 0 Å². The quantitative estimate of drug-likeness (QED) is 0.444. The van der Waals surface area contributed by atoms with Crippen LogP contribution in [-0.2, 0) is 19.1 Å². The molecule has 0 aromatic rings. The van der Waals surface area contributed by atoms with Gasteiger partial charge >= 0.3 is 11.9 Å². The second-order valence-corrected chi connectivity index (χ2v) is 2.16. The van der Waals surface area contributed by atoms with Gasteiger partial charge in [0.2, 0.25) is 0 Å². The number of carbonyl (C=O) groups excluding carboxylic acids is 2. The average molecular weight is 144 g/mol. The second-order valence-electron chi connectivity index (χ2n) is 2.16. The molecule has 56 valence electrons. The third-order valence-electron chi connectivity index (χ3n) is 1.25. The zero-order chi connectivity index (χ0) is 7.72. The van der Waals surface area contributed by atoms with Crippen molar-refractivity contribution in [1.29, 1.82) is 0 Å². The zero-order valence-electron chi connectivity index (χ0n) is 5.79. The van der Waals surface area contributed by atoms with Crippen LogP contribution in [-0.4, -0.2) is 24.1 Å². The van der Waals surface area contributed by atoms with Crippen LogP contribution in [0.5, 0.6) is 0 Å². The lowest BCUT2D eigenvalue weighted by Crippen LogP contribution is -2.40. The van der Waals surface area contributed by atoms with E-state index in [2.05, 4.69) is 9.47 Å². The van der Waals surface area contributed by atoms with Gasteiger partial charge in [0.1, 0.15) is 0 Å². The van der Waals surface area contributed by atoms with E-state index in [1.54, 1.807) is 0 Å². The highest BCUT2D eigenvalue weighted by atomic mass is 16.6. The van der Waals surface area contributed by atoms with E-state index in [1.807, 2.05) is 0 Å². The molecule has 0 bridgehead atoms. The molecule has 0 radical (unpaired) electrons. The van der Waals surface area contributed by atoms with E-state index in [0.29, 0.717) is 0 Å². The summed E-state index contributed by atoms with van der Waals surface area (Å²) in [5.74, 6) is -0.959. The van der Waals surface area contributed by atoms with Gasteiger partial charge in [0.25, 0.3) is 0 Å². The highest BCUT2D eigenvalue weighted by Crippen LogP contribution is 2.08. The summed E-state index contributed by atoms with van der Waals surface area (Å²) in [5.41, 5.74) is 0. The fourth-order valence-electron chi connectivity index (χ4n) is 0.636. The Morgan fingerprint density at radius 1 is 1.00 bits per heavy atom. The number of hydrogen-bond donors (Lipinski definition) is 0. The van der Waals surface area contributed by atoms with Gasteiger partial charge in [-0.2, -0.15) is 0 Å². The maximum atomic E-state index is 10.7. The minimum absolute atomic E-state index is 0.480. The topological polar surface area (TPSA) is 52.6 Å². The Hall–Kier alpha value is -1.06. The first-order valence-electron chi connectivity index (χ1n) is 3.02. The molecular formula is C6H8O4. The van der Waals surface area contributed by atoms with Crippen LogP contribution in [0.25, 0.3) is 0 Å². The summed E-state index contributed by atoms with van der Waals surface area (Å²) in [6.45, 7) is 2.96. The third-order valence-corrected chi connectivity index (χ3v) is 1.25. The molecule has 0 saturated carbocycles. The molecule has 0 aromatic heterocycles. The Morgan fingerprint density at radius 3 is 1.60 bits per heavy atom. The largest absolute Gasteiger partial charge is 0.448 e. The van der Waals surface area contributed by atoms with Crippen LogP contribution in [0.3, 0.4) is 0 Å². The fourth-order valence-corrected chi connectivity index (χ4v) is 0.636. The number of esters is 2. The Labute approximate surface area is 58.1 Å². The Kier molecular flexibility index (Phi) is 1.61. The lowest BCUT2D eigenvalue weighted by Gasteiger charge is -2.22. The van der Waals surface area contributed by atoms with Gasteiger partial charge < -0.3 is 9.47 Å². The average Bonchev–Trinajstić information content (AvgIpc) is 1.84. The monoisotopic (exact) mass is 144 g/mol. The molecular weight excluding hydrogens is 136 g/mol. The first-order chi connectivity index (χ1) is 4.61. The molecule has 1 aliphatic rings. The van der Waals surface area contributed by atoms with Crippen LogP contribution in [0, 0.1) is 0 Å². The molecule has 4 nitrogen and oxygen atoms in total. The molecule has 1 fully saturated rings. The summed E-state index contributed by atoms with van der Waals surface area (Å²) in [4.78, 5) is 21.3. The molecule has 0 aliphatic carbocycles. The van der Waals surface area contributed by atoms with Crippen molar-refractivity contribution >= 4 is 11.9 Å². The molecule has 1 rings (SSSR count). The van der Waals surface area contributed by atoms with E-state index in [9.17, 15) is 9.59 Å². The molecule has 0 N–H and O–H groups in total. The van der Waals surface area contributed by atoms with Crippen molar-refractivity contribution in [2.45, 2.75) is 26.1 Å². The maximum absolute atomic E-state index is 10.7. The molecule has 4 heteroatoms. The number of ether oxygens (including phenoxy) is 2. The maximum Gasteiger partial charge on any atom is 0.347 e. The molecule has 10 heavy (non-hydrogen) atoms. The van der Waals surface area contributed by atoms with Crippen LogP contribution < -0.4 is 0 Å². The Balaban J connectivity index is 2.63.